The van der Waals surface area contributed by atoms with Gasteiger partial charge < -0.3 is 24.8 Å². The molecule has 0 radical (unpaired) electrons. The van der Waals surface area contributed by atoms with E-state index in [1.54, 1.807) is 7.05 Å². The minimum Gasteiger partial charge on any atom is -0.490 e. The molecule has 0 unspecified atom stereocenters. The van der Waals surface area contributed by atoms with E-state index in [4.69, 9.17) is 14.2 Å². The molecule has 1 saturated carbocycles. The number of benzene rings is 2. The van der Waals surface area contributed by atoms with E-state index >= 15 is 0 Å². The number of fused-ring (bicyclic) bond motifs is 1. The lowest BCUT2D eigenvalue weighted by molar-refractivity contribution is 0.119. The molecule has 0 amide bonds. The minimum absolute atomic E-state index is 0. The molecule has 2 aliphatic rings. The summed E-state index contributed by atoms with van der Waals surface area (Å²) in [6.07, 6.45) is 4.81. The fourth-order valence-corrected chi connectivity index (χ4v) is 3.17. The average molecular weight is 509 g/mol. The highest BCUT2D eigenvalue weighted by Gasteiger charge is 2.20. The van der Waals surface area contributed by atoms with E-state index < -0.39 is 0 Å². The molecule has 0 spiro atoms. The largest absolute Gasteiger partial charge is 0.490 e. The van der Waals surface area contributed by atoms with Gasteiger partial charge in [-0.05, 0) is 37.5 Å². The van der Waals surface area contributed by atoms with E-state index in [0.717, 1.165) is 47.8 Å². The normalized spacial score (nSPS) is 16.1. The Hall–Kier alpha value is -2.16. The number of nitrogens with zero attached hydrogens (tertiary/aromatic N) is 1. The maximum atomic E-state index is 6.11. The van der Waals surface area contributed by atoms with Crippen molar-refractivity contribution in [3.63, 3.8) is 0 Å². The fraction of sp³-hybridized carbons (Fsp3) is 0.409. The van der Waals surface area contributed by atoms with Gasteiger partial charge in [0.1, 0.15) is 5.75 Å². The number of ether oxygens (including phenoxy) is 3. The molecule has 1 fully saturated rings. The van der Waals surface area contributed by atoms with Crippen LogP contribution in [0.4, 0.5) is 5.69 Å². The molecule has 2 aromatic carbocycles. The molecule has 1 aliphatic heterocycles. The van der Waals surface area contributed by atoms with Gasteiger partial charge in [-0.2, -0.15) is 0 Å². The van der Waals surface area contributed by atoms with Gasteiger partial charge in [-0.1, -0.05) is 18.2 Å². The SMILES string of the molecule is CN=C(NCc1ccccc1OC1CCC1)Nc1ccc2c(c1)OCCCO2.I. The summed E-state index contributed by atoms with van der Waals surface area (Å²) in [4.78, 5) is 4.33. The Morgan fingerprint density at radius 2 is 1.86 bits per heavy atom. The number of para-hydroxylation sites is 1. The van der Waals surface area contributed by atoms with Crippen LogP contribution in [0.3, 0.4) is 0 Å². The number of hydrogen-bond donors (Lipinski definition) is 2. The predicted molar refractivity (Wildman–Crippen MR) is 126 cm³/mol. The van der Waals surface area contributed by atoms with Crippen LogP contribution in [-0.2, 0) is 6.54 Å². The van der Waals surface area contributed by atoms with E-state index in [2.05, 4.69) is 21.7 Å². The molecule has 7 heteroatoms. The summed E-state index contributed by atoms with van der Waals surface area (Å²) in [5.74, 6) is 3.18. The van der Waals surface area contributed by atoms with Gasteiger partial charge in [0.25, 0.3) is 0 Å². The maximum Gasteiger partial charge on any atom is 0.195 e. The average Bonchev–Trinajstić information content (AvgIpc) is 2.93. The van der Waals surface area contributed by atoms with Gasteiger partial charge in [0.15, 0.2) is 17.5 Å². The lowest BCUT2D eigenvalue weighted by atomic mass is 9.96. The smallest absolute Gasteiger partial charge is 0.195 e. The summed E-state index contributed by atoms with van der Waals surface area (Å²) in [6.45, 7) is 1.99. The molecular formula is C22H28IN3O3. The first-order chi connectivity index (χ1) is 13.8. The number of aliphatic imine (C=N–C) groups is 1. The Kier molecular flexibility index (Phi) is 7.85. The quantitative estimate of drug-likeness (QED) is 0.351. The molecule has 0 bridgehead atoms. The Balaban J connectivity index is 0.00000240. The van der Waals surface area contributed by atoms with Crippen LogP contribution in [0.15, 0.2) is 47.5 Å². The van der Waals surface area contributed by atoms with Crippen LogP contribution in [0, 0.1) is 0 Å². The number of guanidine groups is 1. The summed E-state index contributed by atoms with van der Waals surface area (Å²) >= 11 is 0. The van der Waals surface area contributed by atoms with Crippen molar-refractivity contribution in [3.05, 3.63) is 48.0 Å². The molecule has 29 heavy (non-hydrogen) atoms. The van der Waals surface area contributed by atoms with Crippen molar-refractivity contribution in [2.24, 2.45) is 4.99 Å². The van der Waals surface area contributed by atoms with Crippen LogP contribution in [0.25, 0.3) is 0 Å². The van der Waals surface area contributed by atoms with Crippen LogP contribution in [-0.4, -0.2) is 32.3 Å². The first-order valence-corrected chi connectivity index (χ1v) is 9.94. The Bertz CT molecular complexity index is 840. The molecule has 4 rings (SSSR count). The summed E-state index contributed by atoms with van der Waals surface area (Å²) in [5, 5.41) is 6.68. The molecule has 2 aromatic rings. The number of hydrogen-bond acceptors (Lipinski definition) is 4. The van der Waals surface area contributed by atoms with Crippen molar-refractivity contribution in [2.45, 2.75) is 38.3 Å². The Morgan fingerprint density at radius 1 is 1.07 bits per heavy atom. The fourth-order valence-electron chi connectivity index (χ4n) is 3.17. The third-order valence-electron chi connectivity index (χ3n) is 5.00. The predicted octanol–water partition coefficient (Wildman–Crippen LogP) is 4.58. The summed E-state index contributed by atoms with van der Waals surface area (Å²) in [5.41, 5.74) is 2.02. The summed E-state index contributed by atoms with van der Waals surface area (Å²) < 4.78 is 17.6. The van der Waals surface area contributed by atoms with Crippen molar-refractivity contribution >= 4 is 35.6 Å². The van der Waals surface area contributed by atoms with Crippen molar-refractivity contribution < 1.29 is 14.2 Å². The van der Waals surface area contributed by atoms with E-state index in [9.17, 15) is 0 Å². The highest BCUT2D eigenvalue weighted by Crippen LogP contribution is 2.32. The van der Waals surface area contributed by atoms with Gasteiger partial charge in [-0.15, -0.1) is 24.0 Å². The van der Waals surface area contributed by atoms with Crippen molar-refractivity contribution in [3.8, 4) is 17.2 Å². The Morgan fingerprint density at radius 3 is 2.62 bits per heavy atom. The van der Waals surface area contributed by atoms with Crippen LogP contribution in [0.5, 0.6) is 17.2 Å². The monoisotopic (exact) mass is 509 g/mol. The van der Waals surface area contributed by atoms with Crippen LogP contribution >= 0.6 is 24.0 Å². The minimum atomic E-state index is 0. The van der Waals surface area contributed by atoms with Gasteiger partial charge >= 0.3 is 0 Å². The second-order valence-electron chi connectivity index (χ2n) is 7.04. The molecule has 156 valence electrons. The van der Waals surface area contributed by atoms with Gasteiger partial charge in [-0.3, -0.25) is 4.99 Å². The highest BCUT2D eigenvalue weighted by molar-refractivity contribution is 14.0. The van der Waals surface area contributed by atoms with Gasteiger partial charge in [0.05, 0.1) is 19.3 Å². The number of halogens is 1. The molecule has 6 nitrogen and oxygen atoms in total. The number of rotatable bonds is 5. The number of anilines is 1. The number of nitrogens with one attached hydrogen (secondary N) is 2. The van der Waals surface area contributed by atoms with Crippen molar-refractivity contribution in [1.82, 2.24) is 5.32 Å². The van der Waals surface area contributed by atoms with E-state index in [-0.39, 0.29) is 24.0 Å². The van der Waals surface area contributed by atoms with E-state index in [0.29, 0.717) is 31.8 Å². The molecule has 1 heterocycles. The topological polar surface area (TPSA) is 64.1 Å². The zero-order valence-corrected chi connectivity index (χ0v) is 19.0. The van der Waals surface area contributed by atoms with E-state index in [1.807, 2.05) is 36.4 Å². The van der Waals surface area contributed by atoms with Gasteiger partial charge in [0.2, 0.25) is 0 Å². The lowest BCUT2D eigenvalue weighted by Crippen LogP contribution is -2.31. The summed E-state index contributed by atoms with van der Waals surface area (Å²) in [6, 6.07) is 14.0. The highest BCUT2D eigenvalue weighted by atomic mass is 127. The Labute approximate surface area is 189 Å². The molecule has 0 aromatic heterocycles. The zero-order chi connectivity index (χ0) is 19.2. The van der Waals surface area contributed by atoms with Gasteiger partial charge in [0, 0.05) is 37.3 Å². The van der Waals surface area contributed by atoms with Crippen molar-refractivity contribution in [2.75, 3.05) is 25.6 Å². The van der Waals surface area contributed by atoms with Crippen LogP contribution in [0.1, 0.15) is 31.2 Å². The van der Waals surface area contributed by atoms with Crippen LogP contribution < -0.4 is 24.8 Å². The summed E-state index contributed by atoms with van der Waals surface area (Å²) in [7, 11) is 1.76. The standard InChI is InChI=1S/C22H27N3O3.HI/c1-23-22(25-17-10-11-20-21(14-17)27-13-5-12-26-20)24-15-16-6-2-3-9-19(16)28-18-7-4-8-18;/h2-3,6,9-11,14,18H,4-5,7-8,12-13,15H2,1H3,(H2,23,24,25);1H. The first-order valence-electron chi connectivity index (χ1n) is 9.94. The molecule has 0 saturated heterocycles. The maximum absolute atomic E-state index is 6.11. The lowest BCUT2D eigenvalue weighted by Gasteiger charge is -2.27. The molecule has 2 N–H and O–H groups in total. The third kappa shape index (κ3) is 5.68. The second-order valence-corrected chi connectivity index (χ2v) is 7.04. The first kappa shape index (κ1) is 21.5. The van der Waals surface area contributed by atoms with Crippen LogP contribution in [0.2, 0.25) is 0 Å². The third-order valence-corrected chi connectivity index (χ3v) is 5.00. The molecule has 0 atom stereocenters. The van der Waals surface area contributed by atoms with Crippen molar-refractivity contribution in [1.29, 1.82) is 0 Å². The van der Waals surface area contributed by atoms with Gasteiger partial charge in [-0.25, -0.2) is 0 Å². The van der Waals surface area contributed by atoms with E-state index in [1.165, 1.54) is 6.42 Å². The molecule has 1 aliphatic carbocycles. The zero-order valence-electron chi connectivity index (χ0n) is 16.6. The molecular weight excluding hydrogens is 481 g/mol. The second kappa shape index (κ2) is 10.6.